The zero-order valence-corrected chi connectivity index (χ0v) is 24.5. The van der Waals surface area contributed by atoms with Crippen LogP contribution in [0.3, 0.4) is 0 Å². The SMILES string of the molecule is CC[C@@H](C)C(=O)NC1C(=O)N(Cc2c(C)ccc3ccccc23)c2ccc(C(C)(C)C)cc2N(C(C)=O)[C@H]1C. The number of anilines is 2. The normalized spacial score (nSPS) is 18.5. The molecule has 3 amide bonds. The minimum absolute atomic E-state index is 0.154. The molecule has 0 radical (unpaired) electrons. The summed E-state index contributed by atoms with van der Waals surface area (Å²) in [5.41, 5.74) is 4.39. The summed E-state index contributed by atoms with van der Waals surface area (Å²) in [5, 5.41) is 5.20. The Bertz CT molecular complexity index is 1420. The number of amides is 3. The van der Waals surface area contributed by atoms with Crippen molar-refractivity contribution in [1.82, 2.24) is 5.32 Å². The molecule has 3 aromatic rings. The van der Waals surface area contributed by atoms with Crippen LogP contribution in [0.5, 0.6) is 0 Å². The van der Waals surface area contributed by atoms with Gasteiger partial charge in [0.25, 0.3) is 5.91 Å². The van der Waals surface area contributed by atoms with Crippen LogP contribution in [0.1, 0.15) is 71.6 Å². The van der Waals surface area contributed by atoms with Crippen LogP contribution < -0.4 is 15.1 Å². The van der Waals surface area contributed by atoms with Gasteiger partial charge in [0.2, 0.25) is 11.8 Å². The van der Waals surface area contributed by atoms with E-state index >= 15 is 0 Å². The number of benzene rings is 3. The number of rotatable bonds is 5. The summed E-state index contributed by atoms with van der Waals surface area (Å²) in [5.74, 6) is -0.829. The summed E-state index contributed by atoms with van der Waals surface area (Å²) in [6, 6.07) is 16.9. The van der Waals surface area contributed by atoms with E-state index in [2.05, 4.69) is 57.3 Å². The van der Waals surface area contributed by atoms with Gasteiger partial charge >= 0.3 is 0 Å². The minimum atomic E-state index is -0.892. The van der Waals surface area contributed by atoms with Crippen molar-refractivity contribution in [2.24, 2.45) is 5.92 Å². The fourth-order valence-electron chi connectivity index (χ4n) is 5.37. The lowest BCUT2D eigenvalue weighted by Crippen LogP contribution is -2.58. The van der Waals surface area contributed by atoms with Crippen molar-refractivity contribution >= 4 is 39.9 Å². The van der Waals surface area contributed by atoms with E-state index in [4.69, 9.17) is 0 Å². The van der Waals surface area contributed by atoms with Crippen LogP contribution in [0.15, 0.2) is 54.6 Å². The molecule has 4 rings (SSSR count). The van der Waals surface area contributed by atoms with Crippen molar-refractivity contribution in [3.63, 3.8) is 0 Å². The van der Waals surface area contributed by atoms with E-state index in [0.29, 0.717) is 24.3 Å². The van der Waals surface area contributed by atoms with Crippen LogP contribution in [0.4, 0.5) is 11.4 Å². The number of aryl methyl sites for hydroxylation is 1. The van der Waals surface area contributed by atoms with Crippen LogP contribution in [0.2, 0.25) is 0 Å². The molecule has 0 spiro atoms. The lowest BCUT2D eigenvalue weighted by Gasteiger charge is -2.32. The summed E-state index contributed by atoms with van der Waals surface area (Å²) < 4.78 is 0. The molecular formula is C33H41N3O3. The summed E-state index contributed by atoms with van der Waals surface area (Å²) in [6.45, 7) is 15.9. The van der Waals surface area contributed by atoms with E-state index in [-0.39, 0.29) is 29.1 Å². The Kier molecular flexibility index (Phi) is 7.87. The molecule has 0 saturated heterocycles. The first-order chi connectivity index (χ1) is 18.3. The van der Waals surface area contributed by atoms with Crippen molar-refractivity contribution in [1.29, 1.82) is 0 Å². The third-order valence-corrected chi connectivity index (χ3v) is 8.10. The molecule has 1 aliphatic rings. The molecule has 0 fully saturated rings. The van der Waals surface area contributed by atoms with E-state index in [9.17, 15) is 14.4 Å². The molecule has 6 heteroatoms. The maximum absolute atomic E-state index is 14.4. The highest BCUT2D eigenvalue weighted by Gasteiger charge is 2.42. The quantitative estimate of drug-likeness (QED) is 0.425. The first-order valence-electron chi connectivity index (χ1n) is 13.9. The second-order valence-electron chi connectivity index (χ2n) is 11.9. The summed E-state index contributed by atoms with van der Waals surface area (Å²) >= 11 is 0. The molecule has 0 bridgehead atoms. The largest absolute Gasteiger partial charge is 0.342 e. The van der Waals surface area contributed by atoms with Gasteiger partial charge in [-0.25, -0.2) is 0 Å². The van der Waals surface area contributed by atoms with Crippen molar-refractivity contribution in [2.45, 2.75) is 85.9 Å². The Morgan fingerprint density at radius 1 is 1.03 bits per heavy atom. The van der Waals surface area contributed by atoms with Crippen LogP contribution in [0.25, 0.3) is 10.8 Å². The predicted molar refractivity (Wildman–Crippen MR) is 159 cm³/mol. The lowest BCUT2D eigenvalue weighted by molar-refractivity contribution is -0.130. The van der Waals surface area contributed by atoms with E-state index < -0.39 is 12.1 Å². The fourth-order valence-corrected chi connectivity index (χ4v) is 5.37. The molecule has 3 atom stereocenters. The summed E-state index contributed by atoms with van der Waals surface area (Å²) in [4.78, 5) is 44.2. The predicted octanol–water partition coefficient (Wildman–Crippen LogP) is 6.26. The monoisotopic (exact) mass is 527 g/mol. The maximum atomic E-state index is 14.4. The third kappa shape index (κ3) is 5.42. The van der Waals surface area contributed by atoms with Gasteiger partial charge in [0, 0.05) is 12.8 Å². The van der Waals surface area contributed by atoms with Crippen LogP contribution in [-0.4, -0.2) is 29.8 Å². The van der Waals surface area contributed by atoms with Gasteiger partial charge in [-0.2, -0.15) is 0 Å². The van der Waals surface area contributed by atoms with E-state index in [1.54, 1.807) is 9.80 Å². The summed E-state index contributed by atoms with van der Waals surface area (Å²) in [6.07, 6.45) is 0.658. The van der Waals surface area contributed by atoms with Gasteiger partial charge in [-0.3, -0.25) is 14.4 Å². The van der Waals surface area contributed by atoms with E-state index in [0.717, 1.165) is 27.5 Å². The van der Waals surface area contributed by atoms with Gasteiger partial charge in [-0.1, -0.05) is 77.1 Å². The van der Waals surface area contributed by atoms with Crippen LogP contribution in [0, 0.1) is 12.8 Å². The lowest BCUT2D eigenvalue weighted by atomic mass is 9.86. The Morgan fingerprint density at radius 2 is 1.72 bits per heavy atom. The number of fused-ring (bicyclic) bond motifs is 2. The Labute approximate surface area is 232 Å². The molecule has 0 aromatic heterocycles. The highest BCUT2D eigenvalue weighted by Crippen LogP contribution is 2.40. The molecular weight excluding hydrogens is 486 g/mol. The van der Waals surface area contributed by atoms with E-state index in [1.807, 2.05) is 51.1 Å². The average Bonchev–Trinajstić information content (AvgIpc) is 2.97. The van der Waals surface area contributed by atoms with Crippen molar-refractivity contribution < 1.29 is 14.4 Å². The first kappa shape index (κ1) is 28.3. The second-order valence-corrected chi connectivity index (χ2v) is 11.9. The molecule has 1 unspecified atom stereocenters. The molecule has 39 heavy (non-hydrogen) atoms. The van der Waals surface area contributed by atoms with E-state index in [1.165, 1.54) is 6.92 Å². The molecule has 1 aliphatic heterocycles. The van der Waals surface area contributed by atoms with Crippen molar-refractivity contribution in [2.75, 3.05) is 9.80 Å². The van der Waals surface area contributed by atoms with Gasteiger partial charge in [-0.05, 0) is 65.3 Å². The average molecular weight is 528 g/mol. The molecule has 3 aromatic carbocycles. The van der Waals surface area contributed by atoms with Gasteiger partial charge in [0.1, 0.15) is 6.04 Å². The molecule has 206 valence electrons. The van der Waals surface area contributed by atoms with Gasteiger partial charge in [0.05, 0.1) is 24.0 Å². The molecule has 1 N–H and O–H groups in total. The zero-order valence-electron chi connectivity index (χ0n) is 24.5. The van der Waals surface area contributed by atoms with Crippen LogP contribution >= 0.6 is 0 Å². The highest BCUT2D eigenvalue weighted by molar-refractivity contribution is 6.08. The number of hydrogen-bond acceptors (Lipinski definition) is 3. The first-order valence-corrected chi connectivity index (χ1v) is 13.9. The van der Waals surface area contributed by atoms with Gasteiger partial charge in [-0.15, -0.1) is 0 Å². The standard InChI is InChI=1S/C33H41N3O3/c1-9-20(2)31(38)34-30-22(4)36(23(5)37)29-18-25(33(6,7)8)16-17-28(29)35(32(30)39)19-27-21(3)14-15-24-12-10-11-13-26(24)27/h10-18,20,22,30H,9,19H2,1-8H3,(H,34,38)/t20-,22+,30?/m1/s1. The summed E-state index contributed by atoms with van der Waals surface area (Å²) in [7, 11) is 0. The number of carbonyl (C=O) groups is 3. The zero-order chi connectivity index (χ0) is 28.6. The number of hydrogen-bond donors (Lipinski definition) is 1. The topological polar surface area (TPSA) is 69.7 Å². The third-order valence-electron chi connectivity index (χ3n) is 8.10. The van der Waals surface area contributed by atoms with Crippen molar-refractivity contribution in [3.8, 4) is 0 Å². The number of nitrogens with one attached hydrogen (secondary N) is 1. The molecule has 0 aliphatic carbocycles. The Hall–Kier alpha value is -3.67. The minimum Gasteiger partial charge on any atom is -0.342 e. The Balaban J connectivity index is 1.94. The molecule has 1 heterocycles. The highest BCUT2D eigenvalue weighted by atomic mass is 16.2. The molecule has 0 saturated carbocycles. The van der Waals surface area contributed by atoms with Crippen LogP contribution in [-0.2, 0) is 26.3 Å². The fraction of sp³-hybridized carbons (Fsp3) is 0.424. The Morgan fingerprint density at radius 3 is 2.36 bits per heavy atom. The molecule has 6 nitrogen and oxygen atoms in total. The maximum Gasteiger partial charge on any atom is 0.252 e. The van der Waals surface area contributed by atoms with Crippen molar-refractivity contribution in [3.05, 3.63) is 71.3 Å². The number of nitrogens with zero attached hydrogens (tertiary/aromatic N) is 2. The second kappa shape index (κ2) is 10.8. The van der Waals surface area contributed by atoms with Gasteiger partial charge < -0.3 is 15.1 Å². The number of carbonyl (C=O) groups excluding carboxylic acids is 3. The van der Waals surface area contributed by atoms with Gasteiger partial charge in [0.15, 0.2) is 0 Å². The smallest absolute Gasteiger partial charge is 0.252 e.